The molecule has 1 aromatic carbocycles. The molecule has 0 atom stereocenters. The smallest absolute Gasteiger partial charge is 0.250 e. The van der Waals surface area contributed by atoms with Gasteiger partial charge in [0.05, 0.1) is 32.3 Å². The second kappa shape index (κ2) is 9.62. The Bertz CT molecular complexity index is 743. The summed E-state index contributed by atoms with van der Waals surface area (Å²) in [4.78, 5) is 22.2. The number of thioether (sulfide) groups is 1. The first-order valence-corrected chi connectivity index (χ1v) is 8.69. The Morgan fingerprint density at radius 1 is 1.19 bits per heavy atom. The van der Waals surface area contributed by atoms with Crippen molar-refractivity contribution in [2.75, 3.05) is 39.0 Å². The van der Waals surface area contributed by atoms with Gasteiger partial charge in [0, 0.05) is 19.8 Å². The van der Waals surface area contributed by atoms with Crippen molar-refractivity contribution in [3.63, 3.8) is 0 Å². The van der Waals surface area contributed by atoms with E-state index < -0.39 is 0 Å². The van der Waals surface area contributed by atoms with Gasteiger partial charge in [0.1, 0.15) is 0 Å². The van der Waals surface area contributed by atoms with Gasteiger partial charge in [-0.2, -0.15) is 15.1 Å². The van der Waals surface area contributed by atoms with Crippen LogP contribution in [0.1, 0.15) is 5.56 Å². The van der Waals surface area contributed by atoms with Crippen molar-refractivity contribution in [2.24, 2.45) is 5.10 Å². The van der Waals surface area contributed by atoms with Gasteiger partial charge < -0.3 is 14.4 Å². The van der Waals surface area contributed by atoms with Crippen LogP contribution in [0.5, 0.6) is 11.8 Å². The van der Waals surface area contributed by atoms with E-state index in [9.17, 15) is 4.79 Å². The topological polar surface area (TPSA) is 88.9 Å². The normalized spacial score (nSPS) is 10.6. The fraction of sp³-hybridized carbons (Fsp3) is 0.294. The molecule has 1 N–H and O–H groups in total. The molecular weight excluding hydrogens is 354 g/mol. The highest BCUT2D eigenvalue weighted by atomic mass is 32.2. The Balaban J connectivity index is 1.85. The van der Waals surface area contributed by atoms with Gasteiger partial charge in [-0.1, -0.05) is 23.9 Å². The summed E-state index contributed by atoms with van der Waals surface area (Å²) in [5.74, 6) is 0.604. The first-order chi connectivity index (χ1) is 12.5. The van der Waals surface area contributed by atoms with Crippen molar-refractivity contribution in [2.45, 2.75) is 5.16 Å². The van der Waals surface area contributed by atoms with E-state index in [0.717, 1.165) is 11.3 Å². The number of carbonyl (C=O) groups excluding carboxylic acids is 1. The molecule has 0 aliphatic heterocycles. The summed E-state index contributed by atoms with van der Waals surface area (Å²) in [5, 5.41) is 4.34. The second-order valence-corrected chi connectivity index (χ2v) is 6.25. The van der Waals surface area contributed by atoms with E-state index in [4.69, 9.17) is 9.47 Å². The number of hydrogen-bond donors (Lipinski definition) is 1. The number of aromatic nitrogens is 2. The van der Waals surface area contributed by atoms with Crippen LogP contribution in [-0.2, 0) is 4.79 Å². The Morgan fingerprint density at radius 3 is 2.35 bits per heavy atom. The first kappa shape index (κ1) is 19.5. The van der Waals surface area contributed by atoms with Crippen LogP contribution in [0.2, 0.25) is 0 Å². The maximum atomic E-state index is 11.9. The predicted molar refractivity (Wildman–Crippen MR) is 102 cm³/mol. The Labute approximate surface area is 156 Å². The van der Waals surface area contributed by atoms with E-state index in [1.165, 1.54) is 26.0 Å². The zero-order valence-electron chi connectivity index (χ0n) is 15.1. The van der Waals surface area contributed by atoms with Crippen molar-refractivity contribution in [1.82, 2.24) is 15.4 Å². The number of amides is 1. The number of carbonyl (C=O) groups is 1. The molecule has 26 heavy (non-hydrogen) atoms. The van der Waals surface area contributed by atoms with Crippen LogP contribution in [0, 0.1) is 0 Å². The van der Waals surface area contributed by atoms with Gasteiger partial charge in [-0.3, -0.25) is 4.79 Å². The average molecular weight is 375 g/mol. The van der Waals surface area contributed by atoms with Crippen molar-refractivity contribution >= 4 is 29.6 Å². The number of benzene rings is 1. The molecule has 0 radical (unpaired) electrons. The monoisotopic (exact) mass is 375 g/mol. The fourth-order valence-electron chi connectivity index (χ4n) is 1.86. The highest BCUT2D eigenvalue weighted by Crippen LogP contribution is 2.21. The van der Waals surface area contributed by atoms with Crippen LogP contribution in [0.3, 0.4) is 0 Å². The highest BCUT2D eigenvalue weighted by Gasteiger charge is 2.08. The standard InChI is InChI=1S/C17H21N5O3S/c1-22(2)13-7-5-12(6-8-13)10-18-21-14(23)11-26-17-19-15(24-3)9-16(20-17)25-4/h5-10H,11H2,1-4H3,(H,21,23). The number of hydrogen-bond acceptors (Lipinski definition) is 8. The first-order valence-electron chi connectivity index (χ1n) is 7.71. The minimum Gasteiger partial charge on any atom is -0.481 e. The van der Waals surface area contributed by atoms with Crippen LogP contribution < -0.4 is 19.8 Å². The van der Waals surface area contributed by atoms with Gasteiger partial charge in [-0.25, -0.2) is 5.43 Å². The number of anilines is 1. The highest BCUT2D eigenvalue weighted by molar-refractivity contribution is 7.99. The molecule has 2 rings (SSSR count). The van der Waals surface area contributed by atoms with E-state index in [1.54, 1.807) is 12.3 Å². The Hall–Kier alpha value is -2.81. The summed E-state index contributed by atoms with van der Waals surface area (Å²) in [7, 11) is 6.96. The molecule has 0 fully saturated rings. The third-order valence-electron chi connectivity index (χ3n) is 3.22. The third-order valence-corrected chi connectivity index (χ3v) is 4.07. The van der Waals surface area contributed by atoms with Crippen LogP contribution in [0.4, 0.5) is 5.69 Å². The molecule has 1 amide bonds. The summed E-state index contributed by atoms with van der Waals surface area (Å²) in [6.07, 6.45) is 1.59. The quantitative estimate of drug-likeness (QED) is 0.326. The van der Waals surface area contributed by atoms with Crippen LogP contribution >= 0.6 is 11.8 Å². The van der Waals surface area contributed by atoms with Gasteiger partial charge in [-0.05, 0) is 17.7 Å². The van der Waals surface area contributed by atoms with E-state index in [-0.39, 0.29) is 11.7 Å². The van der Waals surface area contributed by atoms with Gasteiger partial charge in [-0.15, -0.1) is 0 Å². The number of hydrazone groups is 1. The molecule has 0 spiro atoms. The molecule has 0 saturated heterocycles. The maximum Gasteiger partial charge on any atom is 0.250 e. The molecule has 0 aliphatic carbocycles. The largest absolute Gasteiger partial charge is 0.481 e. The van der Waals surface area contributed by atoms with E-state index in [2.05, 4.69) is 20.5 Å². The van der Waals surface area contributed by atoms with Crippen LogP contribution in [-0.4, -0.2) is 56.2 Å². The van der Waals surface area contributed by atoms with Crippen LogP contribution in [0.25, 0.3) is 0 Å². The summed E-state index contributed by atoms with van der Waals surface area (Å²) < 4.78 is 10.1. The summed E-state index contributed by atoms with van der Waals surface area (Å²) >= 11 is 1.17. The van der Waals surface area contributed by atoms with Gasteiger partial charge in [0.25, 0.3) is 5.91 Å². The Kier molecular flexibility index (Phi) is 7.22. The molecule has 9 heteroatoms. The van der Waals surface area contributed by atoms with Crippen molar-refractivity contribution < 1.29 is 14.3 Å². The van der Waals surface area contributed by atoms with Gasteiger partial charge >= 0.3 is 0 Å². The molecule has 0 unspecified atom stereocenters. The lowest BCUT2D eigenvalue weighted by atomic mass is 10.2. The van der Waals surface area contributed by atoms with Gasteiger partial charge in [0.2, 0.25) is 11.8 Å². The number of ether oxygens (including phenoxy) is 2. The SMILES string of the molecule is COc1cc(OC)nc(SCC(=O)NN=Cc2ccc(N(C)C)cc2)n1. The molecule has 1 heterocycles. The van der Waals surface area contributed by atoms with Crippen molar-refractivity contribution in [1.29, 1.82) is 0 Å². The van der Waals surface area contributed by atoms with Crippen molar-refractivity contribution in [3.05, 3.63) is 35.9 Å². The lowest BCUT2D eigenvalue weighted by Crippen LogP contribution is -2.19. The third kappa shape index (κ3) is 5.92. The van der Waals surface area contributed by atoms with E-state index >= 15 is 0 Å². The molecule has 8 nitrogen and oxygen atoms in total. The number of nitrogens with zero attached hydrogens (tertiary/aromatic N) is 4. The minimum absolute atomic E-state index is 0.118. The summed E-state index contributed by atoms with van der Waals surface area (Å²) in [6, 6.07) is 9.38. The molecule has 2 aromatic rings. The van der Waals surface area contributed by atoms with E-state index in [0.29, 0.717) is 16.9 Å². The second-order valence-electron chi connectivity index (χ2n) is 5.30. The molecule has 0 aliphatic rings. The number of rotatable bonds is 8. The zero-order valence-corrected chi connectivity index (χ0v) is 15.9. The maximum absolute atomic E-state index is 11.9. The Morgan fingerprint density at radius 2 is 1.81 bits per heavy atom. The number of nitrogens with one attached hydrogen (secondary N) is 1. The molecular formula is C17H21N5O3S. The molecule has 138 valence electrons. The van der Waals surface area contributed by atoms with Crippen molar-refractivity contribution in [3.8, 4) is 11.8 Å². The summed E-state index contributed by atoms with van der Waals surface area (Å²) in [6.45, 7) is 0. The fourth-order valence-corrected chi connectivity index (χ4v) is 2.49. The number of methoxy groups -OCH3 is 2. The van der Waals surface area contributed by atoms with E-state index in [1.807, 2.05) is 43.3 Å². The lowest BCUT2D eigenvalue weighted by molar-refractivity contribution is -0.118. The van der Waals surface area contributed by atoms with Gasteiger partial charge in [0.15, 0.2) is 5.16 Å². The average Bonchev–Trinajstić information content (AvgIpc) is 2.66. The predicted octanol–water partition coefficient (Wildman–Crippen LogP) is 1.80. The minimum atomic E-state index is -0.262. The molecule has 0 saturated carbocycles. The zero-order chi connectivity index (χ0) is 18.9. The molecule has 1 aromatic heterocycles. The van der Waals surface area contributed by atoms with Crippen LogP contribution in [0.15, 0.2) is 40.6 Å². The molecule has 0 bridgehead atoms. The lowest BCUT2D eigenvalue weighted by Gasteiger charge is -2.11. The summed E-state index contributed by atoms with van der Waals surface area (Å²) in [5.41, 5.74) is 4.46.